The third-order valence-electron chi connectivity index (χ3n) is 5.24. The van der Waals surface area contributed by atoms with E-state index < -0.39 is 34.6 Å². The molecule has 0 saturated heterocycles. The van der Waals surface area contributed by atoms with Gasteiger partial charge in [-0.2, -0.15) is 4.37 Å². The molecule has 0 radical (unpaired) electrons. The summed E-state index contributed by atoms with van der Waals surface area (Å²) in [5, 5.41) is 21.1. The number of hydrogen-bond donors (Lipinski definition) is 3. The summed E-state index contributed by atoms with van der Waals surface area (Å²) in [4.78, 5) is 17.2. The van der Waals surface area contributed by atoms with Crippen molar-refractivity contribution in [2.24, 2.45) is 0 Å². The topological polar surface area (TPSA) is 139 Å². The summed E-state index contributed by atoms with van der Waals surface area (Å²) in [5.41, 5.74) is 0.550. The lowest BCUT2D eigenvalue weighted by Crippen LogP contribution is -2.31. The largest absolute Gasteiger partial charge is 0.393 e. The second kappa shape index (κ2) is 8.67. The molecule has 9 nitrogen and oxygen atoms in total. The molecule has 2 aromatic rings. The molecular weight excluding hydrogens is 430 g/mol. The Balaban J connectivity index is 1.52. The fourth-order valence-corrected chi connectivity index (χ4v) is 5.35. The molecule has 3 N–H and O–H groups in total. The van der Waals surface area contributed by atoms with Crippen molar-refractivity contribution in [2.75, 3.05) is 11.9 Å². The van der Waals surface area contributed by atoms with Crippen LogP contribution in [0.5, 0.6) is 0 Å². The molecule has 1 amide bonds. The lowest BCUT2D eigenvalue weighted by atomic mass is 9.95. The number of ether oxygens (including phenoxy) is 1. The molecule has 1 aromatic heterocycles. The van der Waals surface area contributed by atoms with E-state index in [-0.39, 0.29) is 27.2 Å². The molecule has 30 heavy (non-hydrogen) atoms. The Morgan fingerprint density at radius 3 is 2.50 bits per heavy atom. The Labute approximate surface area is 178 Å². The van der Waals surface area contributed by atoms with Crippen molar-refractivity contribution in [1.29, 1.82) is 0 Å². The van der Waals surface area contributed by atoms with E-state index in [2.05, 4.69) is 14.7 Å². The molecule has 4 rings (SSSR count). The number of nitrogens with one attached hydrogen (secondary N) is 1. The number of amides is 1. The predicted octanol–water partition coefficient (Wildman–Crippen LogP) is 1.75. The van der Waals surface area contributed by atoms with E-state index in [1.165, 1.54) is 12.1 Å². The van der Waals surface area contributed by atoms with Gasteiger partial charge in [0, 0.05) is 11.5 Å². The van der Waals surface area contributed by atoms with Gasteiger partial charge in [-0.05, 0) is 49.8 Å². The molecule has 2 atom stereocenters. The van der Waals surface area contributed by atoms with Gasteiger partial charge in [-0.15, -0.1) is 0 Å². The van der Waals surface area contributed by atoms with Crippen LogP contribution in [0, 0.1) is 0 Å². The van der Waals surface area contributed by atoms with E-state index in [0.29, 0.717) is 18.4 Å². The minimum Gasteiger partial charge on any atom is -0.393 e. The van der Waals surface area contributed by atoms with Gasteiger partial charge in [-0.1, -0.05) is 12.1 Å². The summed E-state index contributed by atoms with van der Waals surface area (Å²) in [6.45, 7) is -0.520. The number of nitrogens with zero attached hydrogens (tertiary/aromatic N) is 2. The first-order valence-electron chi connectivity index (χ1n) is 9.81. The minimum atomic E-state index is -3.30. The number of aliphatic hydroxyl groups is 2. The molecule has 0 bridgehead atoms. The van der Waals surface area contributed by atoms with Crippen molar-refractivity contribution in [1.82, 2.24) is 9.36 Å². The fourth-order valence-electron chi connectivity index (χ4n) is 3.07. The third-order valence-corrected chi connectivity index (χ3v) is 8.16. The lowest BCUT2D eigenvalue weighted by Gasteiger charge is -2.30. The first-order valence-corrected chi connectivity index (χ1v) is 12.1. The maximum Gasteiger partial charge on any atom is 0.259 e. The number of aliphatic hydroxyl groups excluding tert-OH is 2. The summed E-state index contributed by atoms with van der Waals surface area (Å²) in [7, 11) is -3.30. The Morgan fingerprint density at radius 1 is 1.23 bits per heavy atom. The van der Waals surface area contributed by atoms with Crippen molar-refractivity contribution >= 4 is 32.4 Å². The van der Waals surface area contributed by atoms with Crippen molar-refractivity contribution in [3.63, 3.8) is 0 Å². The van der Waals surface area contributed by atoms with Crippen LogP contribution in [0.2, 0.25) is 0 Å². The molecule has 2 fully saturated rings. The maximum atomic E-state index is 12.9. The SMILES string of the molecule is O=C(Nc1nc(C(O)CO)ns1)C(OC1CCC1)c1ccc(S(=O)(=O)C2CC2)cc1. The van der Waals surface area contributed by atoms with E-state index in [9.17, 15) is 18.3 Å². The van der Waals surface area contributed by atoms with Gasteiger partial charge >= 0.3 is 0 Å². The number of benzene rings is 1. The summed E-state index contributed by atoms with van der Waals surface area (Å²) in [6, 6.07) is 6.26. The normalized spacial score (nSPS) is 19.1. The Bertz CT molecular complexity index is 1000. The highest BCUT2D eigenvalue weighted by molar-refractivity contribution is 7.92. The highest BCUT2D eigenvalue weighted by Gasteiger charge is 2.37. The average molecular weight is 454 g/mol. The van der Waals surface area contributed by atoms with Gasteiger partial charge in [-0.25, -0.2) is 13.4 Å². The second-order valence-corrected chi connectivity index (χ2v) is 10.5. The van der Waals surface area contributed by atoms with Crippen molar-refractivity contribution in [2.45, 2.75) is 60.6 Å². The zero-order valence-electron chi connectivity index (χ0n) is 16.1. The second-order valence-electron chi connectivity index (χ2n) is 7.53. The maximum absolute atomic E-state index is 12.9. The molecule has 2 aliphatic carbocycles. The van der Waals surface area contributed by atoms with Gasteiger partial charge in [0.15, 0.2) is 21.8 Å². The molecule has 2 saturated carbocycles. The number of aromatic nitrogens is 2. The highest BCUT2D eigenvalue weighted by Crippen LogP contribution is 2.35. The van der Waals surface area contributed by atoms with Crippen LogP contribution in [0.25, 0.3) is 0 Å². The molecule has 162 valence electrons. The summed E-state index contributed by atoms with van der Waals surface area (Å²) in [6.07, 6.45) is 1.97. The molecule has 1 heterocycles. The third kappa shape index (κ3) is 4.54. The number of carbonyl (C=O) groups excluding carboxylic acids is 1. The van der Waals surface area contributed by atoms with Crippen LogP contribution in [0.3, 0.4) is 0 Å². The molecule has 2 unspecified atom stereocenters. The zero-order chi connectivity index (χ0) is 21.3. The van der Waals surface area contributed by atoms with Crippen LogP contribution in [-0.4, -0.2) is 51.9 Å². The first kappa shape index (κ1) is 21.3. The van der Waals surface area contributed by atoms with E-state index in [1.54, 1.807) is 12.1 Å². The number of sulfone groups is 1. The fraction of sp³-hybridized carbons (Fsp3) is 0.526. The van der Waals surface area contributed by atoms with Gasteiger partial charge in [-0.3, -0.25) is 10.1 Å². The zero-order valence-corrected chi connectivity index (χ0v) is 17.7. The molecule has 1 aromatic carbocycles. The van der Waals surface area contributed by atoms with Gasteiger partial charge in [0.25, 0.3) is 5.91 Å². The summed E-state index contributed by atoms with van der Waals surface area (Å²) in [5.74, 6) is -0.426. The molecule has 2 aliphatic rings. The molecule has 11 heteroatoms. The summed E-state index contributed by atoms with van der Waals surface area (Å²) >= 11 is 0.890. The van der Waals surface area contributed by atoms with Crippen LogP contribution in [0.1, 0.15) is 55.7 Å². The molecule has 0 aliphatic heterocycles. The Hall–Kier alpha value is -1.92. The molecule has 0 spiro atoms. The standard InChI is InChI=1S/C19H23N3O6S2/c23-10-15(24)17-20-19(29-22-17)21-18(25)16(28-12-2-1-3-12)11-4-6-13(7-5-11)30(26,27)14-8-9-14/h4-7,12,14-16,23-24H,1-3,8-10H2,(H,20,21,22,25). The van der Waals surface area contributed by atoms with E-state index >= 15 is 0 Å². The van der Waals surface area contributed by atoms with Crippen molar-refractivity contribution in [3.05, 3.63) is 35.7 Å². The van der Waals surface area contributed by atoms with Crippen LogP contribution < -0.4 is 5.32 Å². The Kier molecular flexibility index (Phi) is 6.16. The minimum absolute atomic E-state index is 0.0307. The van der Waals surface area contributed by atoms with Gasteiger partial charge in [0.2, 0.25) is 5.13 Å². The van der Waals surface area contributed by atoms with E-state index in [4.69, 9.17) is 9.84 Å². The number of rotatable bonds is 9. The highest BCUT2D eigenvalue weighted by atomic mass is 32.2. The smallest absolute Gasteiger partial charge is 0.259 e. The van der Waals surface area contributed by atoms with Gasteiger partial charge in [0.1, 0.15) is 6.10 Å². The number of carbonyl (C=O) groups is 1. The van der Waals surface area contributed by atoms with Crippen molar-refractivity contribution < 1.29 is 28.2 Å². The van der Waals surface area contributed by atoms with Crippen LogP contribution in [-0.2, 0) is 19.4 Å². The number of anilines is 1. The monoisotopic (exact) mass is 453 g/mol. The van der Waals surface area contributed by atoms with E-state index in [1.807, 2.05) is 0 Å². The van der Waals surface area contributed by atoms with Gasteiger partial charge in [0.05, 0.1) is 22.9 Å². The quantitative estimate of drug-likeness (QED) is 0.522. The van der Waals surface area contributed by atoms with Crippen molar-refractivity contribution in [3.8, 4) is 0 Å². The van der Waals surface area contributed by atoms with Gasteiger partial charge < -0.3 is 14.9 Å². The van der Waals surface area contributed by atoms with Crippen LogP contribution >= 0.6 is 11.5 Å². The van der Waals surface area contributed by atoms with E-state index in [0.717, 1.165) is 30.8 Å². The average Bonchev–Trinajstić information content (AvgIpc) is 3.47. The van der Waals surface area contributed by atoms with Crippen LogP contribution in [0.4, 0.5) is 5.13 Å². The first-order chi connectivity index (χ1) is 14.4. The Morgan fingerprint density at radius 2 is 1.93 bits per heavy atom. The summed E-state index contributed by atoms with van der Waals surface area (Å²) < 4.78 is 34.7. The molecular formula is C19H23N3O6S2. The predicted molar refractivity (Wildman–Crippen MR) is 109 cm³/mol. The van der Waals surface area contributed by atoms with Crippen LogP contribution in [0.15, 0.2) is 29.2 Å². The number of hydrogen-bond acceptors (Lipinski definition) is 9. The lowest BCUT2D eigenvalue weighted by molar-refractivity contribution is -0.135.